The van der Waals surface area contributed by atoms with Gasteiger partial charge in [-0.15, -0.1) is 5.10 Å². The molecule has 6 heteroatoms. The lowest BCUT2D eigenvalue weighted by molar-refractivity contribution is 0.162. The van der Waals surface area contributed by atoms with Gasteiger partial charge in [0.2, 0.25) is 0 Å². The second kappa shape index (κ2) is 7.85. The van der Waals surface area contributed by atoms with Crippen LogP contribution in [0.5, 0.6) is 0 Å². The van der Waals surface area contributed by atoms with E-state index in [-0.39, 0.29) is 0 Å². The average molecular weight is 329 g/mol. The molecule has 0 aromatic carbocycles. The molecule has 1 fully saturated rings. The molecular weight excluding hydrogens is 302 g/mol. The summed E-state index contributed by atoms with van der Waals surface area (Å²) in [6, 6.07) is 4.33. The van der Waals surface area contributed by atoms with Gasteiger partial charge >= 0.3 is 0 Å². The molecule has 3 rings (SSSR count). The minimum absolute atomic E-state index is 0.549. The number of hydrogen-bond donors (Lipinski definition) is 1. The zero-order valence-corrected chi connectivity index (χ0v) is 14.6. The first-order valence-corrected chi connectivity index (χ1v) is 8.88. The van der Waals surface area contributed by atoms with Crippen LogP contribution >= 0.6 is 0 Å². The van der Waals surface area contributed by atoms with E-state index >= 15 is 0 Å². The van der Waals surface area contributed by atoms with Crippen LogP contribution in [0, 0.1) is 5.92 Å². The molecule has 1 atom stereocenters. The average Bonchev–Trinajstić information content (AvgIpc) is 3.06. The third-order valence-corrected chi connectivity index (χ3v) is 4.82. The van der Waals surface area contributed by atoms with Gasteiger partial charge in [-0.3, -0.25) is 14.6 Å². The Morgan fingerprint density at radius 3 is 2.67 bits per heavy atom. The maximum Gasteiger partial charge on any atom is 0.111 e. The Kier molecular flexibility index (Phi) is 5.58. The van der Waals surface area contributed by atoms with Gasteiger partial charge in [-0.2, -0.15) is 0 Å². The lowest BCUT2D eigenvalue weighted by Crippen LogP contribution is -2.34. The quantitative estimate of drug-likeness (QED) is 0.880. The Balaban J connectivity index is 1.46. The summed E-state index contributed by atoms with van der Waals surface area (Å²) < 4.78 is 1.87. The number of nitrogens with zero attached hydrogens (tertiary/aromatic N) is 5. The van der Waals surface area contributed by atoms with Crippen molar-refractivity contribution in [3.05, 3.63) is 41.5 Å². The van der Waals surface area contributed by atoms with Crippen molar-refractivity contribution in [2.75, 3.05) is 13.1 Å². The molecule has 24 heavy (non-hydrogen) atoms. The van der Waals surface area contributed by atoms with Crippen molar-refractivity contribution < 1.29 is 5.11 Å². The highest BCUT2D eigenvalue weighted by molar-refractivity contribution is 5.13. The molecule has 2 aromatic rings. The highest BCUT2D eigenvalue weighted by Gasteiger charge is 2.20. The number of rotatable bonds is 6. The lowest BCUT2D eigenvalue weighted by atomic mass is 9.96. The smallest absolute Gasteiger partial charge is 0.111 e. The molecule has 0 amide bonds. The molecule has 1 aliphatic rings. The zero-order valence-electron chi connectivity index (χ0n) is 14.6. The fourth-order valence-corrected chi connectivity index (χ4v) is 3.17. The second-order valence-corrected chi connectivity index (χ2v) is 6.77. The summed E-state index contributed by atoms with van der Waals surface area (Å²) in [5, 5.41) is 17.7. The van der Waals surface area contributed by atoms with Gasteiger partial charge in [-0.25, -0.2) is 0 Å². The summed E-state index contributed by atoms with van der Waals surface area (Å²) in [6.07, 6.45) is 6.67. The standard InChI is InChI=1S/C18H27N5O/c1-3-15-4-5-17(19-10-15)12-22-8-6-16(7-9-22)11-23-13-18(14(2)24)20-21-23/h4-5,10,13-14,16,24H,3,6-9,11-12H2,1-2H3. The van der Waals surface area contributed by atoms with Gasteiger partial charge in [0.15, 0.2) is 0 Å². The SMILES string of the molecule is CCc1ccc(CN2CCC(Cn3cc(C(C)O)nn3)CC2)nc1. The Hall–Kier alpha value is -1.79. The Bertz CT molecular complexity index is 629. The first-order chi connectivity index (χ1) is 11.6. The molecule has 1 saturated heterocycles. The topological polar surface area (TPSA) is 67.1 Å². The summed E-state index contributed by atoms with van der Waals surface area (Å²) >= 11 is 0. The van der Waals surface area contributed by atoms with Crippen LogP contribution < -0.4 is 0 Å². The van der Waals surface area contributed by atoms with Crippen molar-refractivity contribution in [2.45, 2.75) is 52.3 Å². The van der Waals surface area contributed by atoms with E-state index in [1.54, 1.807) is 6.92 Å². The van der Waals surface area contributed by atoms with E-state index in [9.17, 15) is 5.11 Å². The number of aryl methyl sites for hydroxylation is 1. The van der Waals surface area contributed by atoms with E-state index < -0.39 is 6.10 Å². The molecule has 1 aliphatic heterocycles. The highest BCUT2D eigenvalue weighted by atomic mass is 16.3. The van der Waals surface area contributed by atoms with Crippen molar-refractivity contribution in [1.82, 2.24) is 24.9 Å². The molecule has 3 heterocycles. The molecular formula is C18H27N5O. The fraction of sp³-hybridized carbons (Fsp3) is 0.611. The van der Waals surface area contributed by atoms with Crippen molar-refractivity contribution in [3.8, 4) is 0 Å². The number of aliphatic hydroxyl groups is 1. The Morgan fingerprint density at radius 2 is 2.08 bits per heavy atom. The predicted octanol–water partition coefficient (Wildman–Crippen LogP) is 2.20. The number of pyridine rings is 1. The number of likely N-dealkylation sites (tertiary alicyclic amines) is 1. The number of piperidine rings is 1. The number of aliphatic hydroxyl groups excluding tert-OH is 1. The maximum absolute atomic E-state index is 9.52. The van der Waals surface area contributed by atoms with E-state index in [0.29, 0.717) is 11.6 Å². The first kappa shape index (κ1) is 17.0. The number of hydrogen-bond acceptors (Lipinski definition) is 5. The van der Waals surface area contributed by atoms with Crippen LogP contribution in [0.2, 0.25) is 0 Å². The normalized spacial score (nSPS) is 18.0. The van der Waals surface area contributed by atoms with E-state index in [1.807, 2.05) is 17.1 Å². The number of aromatic nitrogens is 4. The van der Waals surface area contributed by atoms with E-state index in [1.165, 1.54) is 5.56 Å². The van der Waals surface area contributed by atoms with Crippen LogP contribution in [0.3, 0.4) is 0 Å². The summed E-state index contributed by atoms with van der Waals surface area (Å²) in [4.78, 5) is 7.04. The van der Waals surface area contributed by atoms with Crippen molar-refractivity contribution in [2.24, 2.45) is 5.92 Å². The third kappa shape index (κ3) is 4.39. The monoisotopic (exact) mass is 329 g/mol. The zero-order chi connectivity index (χ0) is 16.9. The minimum atomic E-state index is -0.549. The van der Waals surface area contributed by atoms with Crippen molar-refractivity contribution >= 4 is 0 Å². The molecule has 0 spiro atoms. The summed E-state index contributed by atoms with van der Waals surface area (Å²) in [5.74, 6) is 0.625. The third-order valence-electron chi connectivity index (χ3n) is 4.82. The van der Waals surface area contributed by atoms with E-state index in [4.69, 9.17) is 0 Å². The molecule has 6 nitrogen and oxygen atoms in total. The van der Waals surface area contributed by atoms with Gasteiger partial charge in [0.05, 0.1) is 18.0 Å². The highest BCUT2D eigenvalue weighted by Crippen LogP contribution is 2.20. The molecule has 1 N–H and O–H groups in total. The Labute approximate surface area is 143 Å². The van der Waals surface area contributed by atoms with E-state index in [2.05, 4.69) is 39.3 Å². The molecule has 0 aliphatic carbocycles. The summed E-state index contributed by atoms with van der Waals surface area (Å²) in [5.41, 5.74) is 3.10. The van der Waals surface area contributed by atoms with Gasteiger partial charge in [0, 0.05) is 19.3 Å². The fourth-order valence-electron chi connectivity index (χ4n) is 3.17. The molecule has 0 saturated carbocycles. The molecule has 130 valence electrons. The molecule has 1 unspecified atom stereocenters. The first-order valence-electron chi connectivity index (χ1n) is 8.88. The van der Waals surface area contributed by atoms with Crippen molar-refractivity contribution in [1.29, 1.82) is 0 Å². The summed E-state index contributed by atoms with van der Waals surface area (Å²) in [7, 11) is 0. The summed E-state index contributed by atoms with van der Waals surface area (Å²) in [6.45, 7) is 7.89. The van der Waals surface area contributed by atoms with E-state index in [0.717, 1.165) is 51.1 Å². The van der Waals surface area contributed by atoms with Crippen molar-refractivity contribution in [3.63, 3.8) is 0 Å². The van der Waals surface area contributed by atoms with Gasteiger partial charge < -0.3 is 5.11 Å². The van der Waals surface area contributed by atoms with Gasteiger partial charge in [0.1, 0.15) is 5.69 Å². The molecule has 2 aromatic heterocycles. The molecule has 0 bridgehead atoms. The van der Waals surface area contributed by atoms with Crippen LogP contribution in [-0.4, -0.2) is 43.1 Å². The van der Waals surface area contributed by atoms with Crippen LogP contribution in [-0.2, 0) is 19.5 Å². The lowest BCUT2D eigenvalue weighted by Gasteiger charge is -2.31. The van der Waals surface area contributed by atoms with Crippen LogP contribution in [0.4, 0.5) is 0 Å². The predicted molar refractivity (Wildman–Crippen MR) is 92.3 cm³/mol. The van der Waals surface area contributed by atoms with Gasteiger partial charge in [-0.05, 0) is 56.8 Å². The maximum atomic E-state index is 9.52. The van der Waals surface area contributed by atoms with Crippen LogP contribution in [0.25, 0.3) is 0 Å². The van der Waals surface area contributed by atoms with Gasteiger partial charge in [-0.1, -0.05) is 18.2 Å². The van der Waals surface area contributed by atoms with Crippen LogP contribution in [0.15, 0.2) is 24.5 Å². The van der Waals surface area contributed by atoms with Crippen LogP contribution in [0.1, 0.15) is 49.7 Å². The van der Waals surface area contributed by atoms with Gasteiger partial charge in [0.25, 0.3) is 0 Å². The largest absolute Gasteiger partial charge is 0.387 e. The Morgan fingerprint density at radius 1 is 1.29 bits per heavy atom. The second-order valence-electron chi connectivity index (χ2n) is 6.77. The minimum Gasteiger partial charge on any atom is -0.387 e. The molecule has 0 radical (unpaired) electrons.